The van der Waals surface area contributed by atoms with Crippen molar-refractivity contribution in [3.8, 4) is 5.69 Å². The Morgan fingerprint density at radius 1 is 1.06 bits per heavy atom. The van der Waals surface area contributed by atoms with Gasteiger partial charge in [0.05, 0.1) is 11.4 Å². The SMILES string of the molecule is CN1COC(C(F)(F)F)c2ccc3c(c(C(=O)C(F)(F)F)cc4cn(-c5ccccc5)nc43)c21. The summed E-state index contributed by atoms with van der Waals surface area (Å²) in [5, 5.41) is 4.60. The second-order valence-electron chi connectivity index (χ2n) is 7.94. The normalized spacial score (nSPS) is 16.8. The molecule has 5 rings (SSSR count). The van der Waals surface area contributed by atoms with Crippen LogP contribution < -0.4 is 4.90 Å². The van der Waals surface area contributed by atoms with Crippen molar-refractivity contribution in [2.75, 3.05) is 18.7 Å². The molecule has 1 atom stereocenters. The highest BCUT2D eigenvalue weighted by Crippen LogP contribution is 2.48. The van der Waals surface area contributed by atoms with Crippen molar-refractivity contribution in [1.82, 2.24) is 9.78 Å². The molecule has 0 spiro atoms. The first-order chi connectivity index (χ1) is 16.0. The Hall–Kier alpha value is -3.60. The van der Waals surface area contributed by atoms with E-state index in [1.165, 1.54) is 28.9 Å². The lowest BCUT2D eigenvalue weighted by Crippen LogP contribution is -2.36. The Morgan fingerprint density at radius 2 is 1.76 bits per heavy atom. The second-order valence-corrected chi connectivity index (χ2v) is 7.94. The highest BCUT2D eigenvalue weighted by Gasteiger charge is 2.47. The number of ether oxygens (including phenoxy) is 1. The summed E-state index contributed by atoms with van der Waals surface area (Å²) < 4.78 is 87.9. The zero-order valence-corrected chi connectivity index (χ0v) is 17.4. The zero-order chi connectivity index (χ0) is 24.4. The highest BCUT2D eigenvalue weighted by molar-refractivity contribution is 6.21. The Balaban J connectivity index is 1.89. The van der Waals surface area contributed by atoms with Gasteiger partial charge in [-0.3, -0.25) is 4.79 Å². The lowest BCUT2D eigenvalue weighted by atomic mass is 9.91. The number of ketones is 1. The van der Waals surface area contributed by atoms with Gasteiger partial charge in [-0.25, -0.2) is 4.68 Å². The number of carbonyl (C=O) groups is 1. The summed E-state index contributed by atoms with van der Waals surface area (Å²) in [5.74, 6) is -2.15. The van der Waals surface area contributed by atoms with E-state index < -0.39 is 36.5 Å². The van der Waals surface area contributed by atoms with Gasteiger partial charge in [0.1, 0.15) is 12.2 Å². The number of nitrogens with zero attached hydrogens (tertiary/aromatic N) is 3. The molecule has 11 heteroatoms. The maximum atomic E-state index is 13.6. The van der Waals surface area contributed by atoms with E-state index in [-0.39, 0.29) is 32.9 Å². The van der Waals surface area contributed by atoms with Crippen LogP contribution in [0.5, 0.6) is 0 Å². The van der Waals surface area contributed by atoms with Crippen molar-refractivity contribution in [1.29, 1.82) is 0 Å². The molecular formula is C23H15F6N3O2. The van der Waals surface area contributed by atoms with E-state index in [2.05, 4.69) is 5.10 Å². The predicted molar refractivity (Wildman–Crippen MR) is 112 cm³/mol. The number of aromatic nitrogens is 2. The van der Waals surface area contributed by atoms with E-state index >= 15 is 0 Å². The number of anilines is 1. The molecule has 176 valence electrons. The summed E-state index contributed by atoms with van der Waals surface area (Å²) in [7, 11) is 1.39. The molecule has 0 N–H and O–H groups in total. The third-order valence-corrected chi connectivity index (χ3v) is 5.70. The molecule has 0 amide bonds. The van der Waals surface area contributed by atoms with Crippen LogP contribution in [0.1, 0.15) is 22.0 Å². The molecule has 5 nitrogen and oxygen atoms in total. The van der Waals surface area contributed by atoms with Gasteiger partial charge in [-0.1, -0.05) is 30.3 Å². The fourth-order valence-electron chi connectivity index (χ4n) is 4.29. The summed E-state index contributed by atoms with van der Waals surface area (Å²) >= 11 is 0. The number of hydrogen-bond donors (Lipinski definition) is 0. The van der Waals surface area contributed by atoms with Crippen molar-refractivity contribution >= 4 is 33.1 Å². The minimum absolute atomic E-state index is 0.133. The molecule has 4 aromatic rings. The van der Waals surface area contributed by atoms with Crippen LogP contribution in [0.4, 0.5) is 32.0 Å². The number of benzene rings is 3. The van der Waals surface area contributed by atoms with E-state index in [4.69, 9.17) is 4.74 Å². The number of carbonyl (C=O) groups excluding carboxylic acids is 1. The molecule has 34 heavy (non-hydrogen) atoms. The van der Waals surface area contributed by atoms with Crippen molar-refractivity contribution in [3.63, 3.8) is 0 Å². The molecule has 3 aromatic carbocycles. The Morgan fingerprint density at radius 3 is 2.41 bits per heavy atom. The Kier molecular flexibility index (Phi) is 4.87. The number of alkyl halides is 6. The van der Waals surface area contributed by atoms with Crippen LogP contribution in [-0.2, 0) is 4.74 Å². The number of rotatable bonds is 2. The lowest BCUT2D eigenvalue weighted by molar-refractivity contribution is -0.225. The van der Waals surface area contributed by atoms with E-state index in [0.29, 0.717) is 5.69 Å². The third-order valence-electron chi connectivity index (χ3n) is 5.70. The van der Waals surface area contributed by atoms with Crippen LogP contribution in [0.3, 0.4) is 0 Å². The molecule has 0 saturated carbocycles. The summed E-state index contributed by atoms with van der Waals surface area (Å²) in [4.78, 5) is 13.7. The van der Waals surface area contributed by atoms with Crippen molar-refractivity contribution < 1.29 is 35.9 Å². The maximum Gasteiger partial charge on any atom is 0.454 e. The molecule has 2 heterocycles. The first-order valence-corrected chi connectivity index (χ1v) is 10.0. The van der Waals surface area contributed by atoms with Crippen molar-refractivity contribution in [3.05, 3.63) is 65.9 Å². The number of Topliss-reactive ketones (excluding diaryl/α,β-unsaturated/α-hetero) is 1. The second kappa shape index (κ2) is 7.45. The van der Waals surface area contributed by atoms with Crippen LogP contribution in [0, 0.1) is 0 Å². The summed E-state index contributed by atoms with van der Waals surface area (Å²) in [6.07, 6.45) is -10.9. The average molecular weight is 479 g/mol. The predicted octanol–water partition coefficient (Wildman–Crippen LogP) is 5.95. The van der Waals surface area contributed by atoms with Gasteiger partial charge >= 0.3 is 12.4 Å². The van der Waals surface area contributed by atoms with Crippen LogP contribution in [0.15, 0.2) is 54.7 Å². The van der Waals surface area contributed by atoms with Crippen molar-refractivity contribution in [2.45, 2.75) is 18.5 Å². The number of halogens is 6. The number of fused-ring (bicyclic) bond motifs is 5. The topological polar surface area (TPSA) is 47.4 Å². The molecule has 0 bridgehead atoms. The number of para-hydroxylation sites is 1. The fraction of sp³-hybridized carbons (Fsp3) is 0.217. The maximum absolute atomic E-state index is 13.6. The van der Waals surface area contributed by atoms with Gasteiger partial charge in [-0.05, 0) is 18.2 Å². The monoisotopic (exact) mass is 479 g/mol. The minimum Gasteiger partial charge on any atom is -0.351 e. The third kappa shape index (κ3) is 3.47. The lowest BCUT2D eigenvalue weighted by Gasteiger charge is -2.35. The smallest absolute Gasteiger partial charge is 0.351 e. The highest BCUT2D eigenvalue weighted by atomic mass is 19.4. The summed E-state index contributed by atoms with van der Waals surface area (Å²) in [6.45, 7) is -0.521. The zero-order valence-electron chi connectivity index (χ0n) is 17.4. The van der Waals surface area contributed by atoms with Crippen LogP contribution >= 0.6 is 0 Å². The van der Waals surface area contributed by atoms with E-state index in [9.17, 15) is 31.1 Å². The van der Waals surface area contributed by atoms with Gasteiger partial charge in [0, 0.05) is 40.5 Å². The van der Waals surface area contributed by atoms with Crippen LogP contribution in [-0.4, -0.2) is 41.7 Å². The van der Waals surface area contributed by atoms with Gasteiger partial charge in [-0.15, -0.1) is 0 Å². The van der Waals surface area contributed by atoms with E-state index in [0.717, 1.165) is 12.1 Å². The molecule has 0 saturated heterocycles. The first kappa shape index (κ1) is 22.2. The molecule has 0 radical (unpaired) electrons. The quantitative estimate of drug-likeness (QED) is 0.263. The standard InChI is InChI=1S/C23H15F6N3O2/c1-31-11-34-21(23(27,28)29)15-8-7-14-17(19(15)31)16(20(33)22(24,25)26)9-12-10-32(30-18(12)14)13-5-3-2-4-6-13/h2-10,21H,11H2,1H3. The van der Waals surface area contributed by atoms with Gasteiger partial charge in [0.2, 0.25) is 0 Å². The molecule has 0 aliphatic carbocycles. The molecule has 1 aliphatic heterocycles. The number of hydrogen-bond acceptors (Lipinski definition) is 4. The molecule has 1 aromatic heterocycles. The molecule has 1 unspecified atom stereocenters. The largest absolute Gasteiger partial charge is 0.454 e. The minimum atomic E-state index is -5.23. The Labute approximate surface area is 188 Å². The van der Waals surface area contributed by atoms with Gasteiger partial charge in [-0.2, -0.15) is 31.4 Å². The van der Waals surface area contributed by atoms with E-state index in [1.807, 2.05) is 0 Å². The first-order valence-electron chi connectivity index (χ1n) is 10.0. The van der Waals surface area contributed by atoms with Crippen molar-refractivity contribution in [2.24, 2.45) is 0 Å². The molecular weight excluding hydrogens is 464 g/mol. The van der Waals surface area contributed by atoms with E-state index in [1.54, 1.807) is 30.3 Å². The van der Waals surface area contributed by atoms with Crippen LogP contribution in [0.25, 0.3) is 27.4 Å². The molecule has 0 fully saturated rings. The van der Waals surface area contributed by atoms with Crippen LogP contribution in [0.2, 0.25) is 0 Å². The van der Waals surface area contributed by atoms with Gasteiger partial charge in [0.25, 0.3) is 5.78 Å². The van der Waals surface area contributed by atoms with Gasteiger partial charge < -0.3 is 9.64 Å². The summed E-state index contributed by atoms with van der Waals surface area (Å²) in [5.41, 5.74) is -0.379. The molecule has 1 aliphatic rings. The average Bonchev–Trinajstić information content (AvgIpc) is 3.21. The van der Waals surface area contributed by atoms with Gasteiger partial charge in [0.15, 0.2) is 6.10 Å². The summed E-state index contributed by atoms with van der Waals surface area (Å²) in [6, 6.07) is 12.2. The fourth-order valence-corrected chi connectivity index (χ4v) is 4.29. The Bertz CT molecular complexity index is 1430.